The lowest BCUT2D eigenvalue weighted by Gasteiger charge is -2.34. The number of anilines is 3. The van der Waals surface area contributed by atoms with Crippen molar-refractivity contribution in [2.45, 2.75) is 0 Å². The van der Waals surface area contributed by atoms with Gasteiger partial charge < -0.3 is 13.7 Å². The van der Waals surface area contributed by atoms with E-state index >= 15 is 0 Å². The van der Waals surface area contributed by atoms with Gasteiger partial charge in [-0.2, -0.15) is 0 Å². The van der Waals surface area contributed by atoms with Gasteiger partial charge in [0.2, 0.25) is 0 Å². The van der Waals surface area contributed by atoms with Gasteiger partial charge in [-0.1, -0.05) is 194 Å². The molecule has 0 aliphatic rings. The van der Waals surface area contributed by atoms with E-state index in [1.165, 1.54) is 26.3 Å². The topological polar surface area (TPSA) is 29.5 Å². The molecule has 0 aliphatic heterocycles. The van der Waals surface area contributed by atoms with Gasteiger partial charge in [0.25, 0.3) is 0 Å². The second-order valence-corrected chi connectivity index (χ2v) is 20.2. The second-order valence-electron chi connectivity index (χ2n) is 16.4. The molecular weight excluding hydrogens is 795 g/mol. The average Bonchev–Trinajstić information content (AvgIpc) is 3.95. The van der Waals surface area contributed by atoms with Crippen LogP contribution >= 0.6 is 0 Å². The number of hydrogen-bond acceptors (Lipinski definition) is 3. The van der Waals surface area contributed by atoms with E-state index in [4.69, 9.17) is 8.83 Å². The summed E-state index contributed by atoms with van der Waals surface area (Å²) in [4.78, 5) is 2.35. The highest BCUT2D eigenvalue weighted by molar-refractivity contribution is 7.19. The fraction of sp³-hybridized carbons (Fsp3) is 0. The number of benzene rings is 10. The molecular formula is C60H41NO2Si. The van der Waals surface area contributed by atoms with Crippen LogP contribution in [0.4, 0.5) is 17.1 Å². The normalized spacial score (nSPS) is 11.8. The van der Waals surface area contributed by atoms with Crippen LogP contribution in [0.2, 0.25) is 0 Å². The molecule has 3 nitrogen and oxygen atoms in total. The van der Waals surface area contributed by atoms with Crippen molar-refractivity contribution in [3.05, 3.63) is 249 Å². The van der Waals surface area contributed by atoms with Gasteiger partial charge in [0.1, 0.15) is 22.3 Å². The molecule has 0 atom stereocenters. The summed E-state index contributed by atoms with van der Waals surface area (Å²) in [5.74, 6) is 0. The lowest BCUT2D eigenvalue weighted by atomic mass is 9.98. The summed E-state index contributed by atoms with van der Waals surface area (Å²) in [5, 5.41) is 9.75. The Labute approximate surface area is 372 Å². The van der Waals surface area contributed by atoms with E-state index in [1.54, 1.807) is 0 Å². The van der Waals surface area contributed by atoms with Gasteiger partial charge in [0, 0.05) is 33.6 Å². The van der Waals surface area contributed by atoms with Crippen molar-refractivity contribution in [2.75, 3.05) is 4.90 Å². The molecule has 0 saturated heterocycles. The largest absolute Gasteiger partial charge is 0.456 e. The summed E-state index contributed by atoms with van der Waals surface area (Å²) >= 11 is 0. The van der Waals surface area contributed by atoms with Gasteiger partial charge in [-0.05, 0) is 91.5 Å². The Balaban J connectivity index is 1.04. The Morgan fingerprint density at radius 2 is 0.797 bits per heavy atom. The standard InChI is InChI=1S/C60H41NO2Si/c1-5-18-43(19-6-1)51-29-16-32-56-59(51)60-54(30-17-33-57(60)63-56)61(46-38-39-53-52-28-13-14-31-55(52)62-58(53)41-46)45-36-34-42(35-37-45)44-20-15-27-50(40-44)64(47-21-7-2-8-22-47,48-23-9-3-10-24-48)49-25-11-4-12-26-49/h1-41H. The number of rotatable bonds is 9. The highest BCUT2D eigenvalue weighted by atomic mass is 28.3. The molecule has 0 saturated carbocycles. The maximum absolute atomic E-state index is 6.66. The van der Waals surface area contributed by atoms with Crippen LogP contribution in [0.3, 0.4) is 0 Å². The predicted octanol–water partition coefficient (Wildman–Crippen LogP) is 13.7. The number of furan rings is 2. The fourth-order valence-electron chi connectivity index (χ4n) is 9.97. The van der Waals surface area contributed by atoms with Crippen LogP contribution in [0.25, 0.3) is 66.1 Å². The molecule has 12 rings (SSSR count). The van der Waals surface area contributed by atoms with Gasteiger partial charge >= 0.3 is 0 Å². The Morgan fingerprint density at radius 3 is 1.48 bits per heavy atom. The fourth-order valence-corrected chi connectivity index (χ4v) is 14.8. The van der Waals surface area contributed by atoms with Gasteiger partial charge in [-0.3, -0.25) is 0 Å². The third kappa shape index (κ3) is 6.18. The van der Waals surface area contributed by atoms with Gasteiger partial charge in [0.15, 0.2) is 8.07 Å². The minimum atomic E-state index is -2.71. The molecule has 0 unspecified atom stereocenters. The van der Waals surface area contributed by atoms with Crippen molar-refractivity contribution in [3.63, 3.8) is 0 Å². The van der Waals surface area contributed by atoms with E-state index < -0.39 is 8.07 Å². The molecule has 0 N–H and O–H groups in total. The summed E-state index contributed by atoms with van der Waals surface area (Å²) in [6.07, 6.45) is 0. The Kier molecular flexibility index (Phi) is 9.17. The zero-order valence-corrected chi connectivity index (χ0v) is 35.9. The minimum Gasteiger partial charge on any atom is -0.456 e. The van der Waals surface area contributed by atoms with E-state index in [0.717, 1.165) is 77.6 Å². The maximum atomic E-state index is 6.66. The van der Waals surface area contributed by atoms with Crippen LogP contribution in [-0.2, 0) is 0 Å². The van der Waals surface area contributed by atoms with E-state index in [0.29, 0.717) is 0 Å². The van der Waals surface area contributed by atoms with Crippen molar-refractivity contribution in [1.82, 2.24) is 0 Å². The number of fused-ring (bicyclic) bond motifs is 6. The molecule has 0 fully saturated rings. The minimum absolute atomic E-state index is 0.835. The molecule has 12 aromatic rings. The zero-order valence-electron chi connectivity index (χ0n) is 34.9. The quantitative estimate of drug-likeness (QED) is 0.107. The molecule has 302 valence electrons. The van der Waals surface area contributed by atoms with Gasteiger partial charge in [-0.15, -0.1) is 0 Å². The third-order valence-electron chi connectivity index (χ3n) is 12.8. The predicted molar refractivity (Wildman–Crippen MR) is 270 cm³/mol. The Hall–Kier alpha value is -8.18. The van der Waals surface area contributed by atoms with Gasteiger partial charge in [-0.25, -0.2) is 0 Å². The Morgan fingerprint density at radius 1 is 0.297 bits per heavy atom. The van der Waals surface area contributed by atoms with Crippen molar-refractivity contribution in [1.29, 1.82) is 0 Å². The van der Waals surface area contributed by atoms with Crippen molar-refractivity contribution >= 4 is 89.8 Å². The maximum Gasteiger partial charge on any atom is 0.179 e. The van der Waals surface area contributed by atoms with Crippen LogP contribution in [0.5, 0.6) is 0 Å². The van der Waals surface area contributed by atoms with Crippen LogP contribution in [0.15, 0.2) is 258 Å². The monoisotopic (exact) mass is 835 g/mol. The number of nitrogens with zero attached hydrogens (tertiary/aromatic N) is 1. The van der Waals surface area contributed by atoms with E-state index in [-0.39, 0.29) is 0 Å². The van der Waals surface area contributed by atoms with Crippen LogP contribution in [-0.4, -0.2) is 8.07 Å². The van der Waals surface area contributed by atoms with Crippen molar-refractivity contribution < 1.29 is 8.83 Å². The zero-order chi connectivity index (χ0) is 42.5. The SMILES string of the molecule is c1ccc(-c2cccc3oc4cccc(N(c5ccc(-c6cccc([Si](c7ccccc7)(c7ccccc7)c7ccccc7)c6)cc5)c5ccc6c(c5)oc5ccccc56)c4c23)cc1. The van der Waals surface area contributed by atoms with Gasteiger partial charge in [0.05, 0.1) is 11.1 Å². The van der Waals surface area contributed by atoms with E-state index in [1.807, 2.05) is 12.1 Å². The van der Waals surface area contributed by atoms with Crippen LogP contribution in [0, 0.1) is 0 Å². The second kappa shape index (κ2) is 15.6. The first kappa shape index (κ1) is 37.6. The molecule has 2 heterocycles. The number of hydrogen-bond donors (Lipinski definition) is 0. The summed E-state index contributed by atoms with van der Waals surface area (Å²) in [7, 11) is -2.71. The van der Waals surface area contributed by atoms with E-state index in [2.05, 4.69) is 241 Å². The van der Waals surface area contributed by atoms with Crippen molar-refractivity contribution in [2.24, 2.45) is 0 Å². The van der Waals surface area contributed by atoms with E-state index in [9.17, 15) is 0 Å². The first-order valence-electron chi connectivity index (χ1n) is 21.8. The highest BCUT2D eigenvalue weighted by Crippen LogP contribution is 2.46. The third-order valence-corrected chi connectivity index (χ3v) is 17.6. The average molecular weight is 836 g/mol. The highest BCUT2D eigenvalue weighted by Gasteiger charge is 2.41. The number of para-hydroxylation sites is 1. The molecule has 64 heavy (non-hydrogen) atoms. The molecule has 0 radical (unpaired) electrons. The lowest BCUT2D eigenvalue weighted by molar-refractivity contribution is 0.669. The summed E-state index contributed by atoms with van der Waals surface area (Å²) in [6, 6.07) is 89.8. The smallest absolute Gasteiger partial charge is 0.179 e. The molecule has 0 aliphatic carbocycles. The summed E-state index contributed by atoms with van der Waals surface area (Å²) in [6.45, 7) is 0. The molecule has 0 amide bonds. The van der Waals surface area contributed by atoms with Crippen LogP contribution < -0.4 is 25.6 Å². The molecule has 0 spiro atoms. The Bertz CT molecular complexity index is 3500. The molecule has 10 aromatic carbocycles. The van der Waals surface area contributed by atoms with Crippen molar-refractivity contribution in [3.8, 4) is 22.3 Å². The lowest BCUT2D eigenvalue weighted by Crippen LogP contribution is -2.74. The summed E-state index contributed by atoms with van der Waals surface area (Å²) in [5.41, 5.74) is 11.0. The first-order chi connectivity index (χ1) is 31.7. The summed E-state index contributed by atoms with van der Waals surface area (Å²) < 4.78 is 13.2. The first-order valence-corrected chi connectivity index (χ1v) is 23.8. The van der Waals surface area contributed by atoms with Crippen LogP contribution in [0.1, 0.15) is 0 Å². The molecule has 4 heteroatoms. The molecule has 0 bridgehead atoms. The molecule has 2 aromatic heterocycles.